The van der Waals surface area contributed by atoms with E-state index < -0.39 is 0 Å². The number of hydrogen-bond donors (Lipinski definition) is 3. The van der Waals surface area contributed by atoms with Crippen molar-refractivity contribution in [2.75, 3.05) is 19.6 Å². The Morgan fingerprint density at radius 3 is 2.76 bits per heavy atom. The first-order valence-corrected chi connectivity index (χ1v) is 11.1. The first-order valence-electron chi connectivity index (χ1n) is 10.2. The number of benzene rings is 2. The van der Waals surface area contributed by atoms with Crippen LogP contribution in [0, 0.1) is 0 Å². The predicted octanol–water partition coefficient (Wildman–Crippen LogP) is 3.70. The third kappa shape index (κ3) is 5.32. The molecule has 1 atom stereocenters. The SMILES string of the molecule is O=C(NCCc1cccs1)c1ccc(CNC2CNCCc3ccccc32)cc1. The van der Waals surface area contributed by atoms with Gasteiger partial charge in [0, 0.05) is 36.1 Å². The summed E-state index contributed by atoms with van der Waals surface area (Å²) in [5.41, 5.74) is 4.70. The minimum absolute atomic E-state index is 0.0111. The lowest BCUT2D eigenvalue weighted by molar-refractivity contribution is 0.0954. The molecule has 1 amide bonds. The molecule has 0 bridgehead atoms. The number of hydrogen-bond acceptors (Lipinski definition) is 4. The Labute approximate surface area is 176 Å². The lowest BCUT2D eigenvalue weighted by Gasteiger charge is -2.19. The summed E-state index contributed by atoms with van der Waals surface area (Å²) < 4.78 is 0. The molecule has 0 spiro atoms. The molecule has 0 saturated heterocycles. The Morgan fingerprint density at radius 2 is 1.93 bits per heavy atom. The number of thiophene rings is 1. The van der Waals surface area contributed by atoms with Crippen molar-refractivity contribution in [1.29, 1.82) is 0 Å². The molecule has 0 radical (unpaired) electrons. The van der Waals surface area contributed by atoms with Gasteiger partial charge >= 0.3 is 0 Å². The second kappa shape index (κ2) is 9.83. The van der Waals surface area contributed by atoms with E-state index in [2.05, 4.69) is 51.7 Å². The number of rotatable bonds is 7. The fourth-order valence-electron chi connectivity index (χ4n) is 3.73. The van der Waals surface area contributed by atoms with Crippen molar-refractivity contribution in [3.05, 3.63) is 93.2 Å². The number of carbonyl (C=O) groups is 1. The average molecular weight is 406 g/mol. The van der Waals surface area contributed by atoms with Crippen molar-refractivity contribution < 1.29 is 4.79 Å². The standard InChI is InChI=1S/C24H27N3OS/c28-24(26-14-12-21-5-3-15-29-21)20-9-7-18(8-10-20)16-27-23-17-25-13-11-19-4-1-2-6-22(19)23/h1-10,15,23,25,27H,11-14,16-17H2,(H,26,28). The topological polar surface area (TPSA) is 53.2 Å². The lowest BCUT2D eigenvalue weighted by Crippen LogP contribution is -2.30. The van der Waals surface area contributed by atoms with Gasteiger partial charge in [-0.05, 0) is 59.7 Å². The molecule has 2 heterocycles. The van der Waals surface area contributed by atoms with Gasteiger partial charge in [-0.3, -0.25) is 4.79 Å². The zero-order valence-electron chi connectivity index (χ0n) is 16.5. The van der Waals surface area contributed by atoms with Crippen molar-refractivity contribution in [1.82, 2.24) is 16.0 Å². The van der Waals surface area contributed by atoms with Crippen LogP contribution in [0.5, 0.6) is 0 Å². The quantitative estimate of drug-likeness (QED) is 0.562. The minimum atomic E-state index is -0.0111. The summed E-state index contributed by atoms with van der Waals surface area (Å²) >= 11 is 1.72. The minimum Gasteiger partial charge on any atom is -0.352 e. The molecule has 1 aromatic heterocycles. The van der Waals surface area contributed by atoms with Crippen LogP contribution in [0.15, 0.2) is 66.0 Å². The van der Waals surface area contributed by atoms with Gasteiger partial charge in [0.1, 0.15) is 0 Å². The Hall–Kier alpha value is -2.47. The molecule has 29 heavy (non-hydrogen) atoms. The number of nitrogens with one attached hydrogen (secondary N) is 3. The van der Waals surface area contributed by atoms with Gasteiger partial charge in [-0.2, -0.15) is 0 Å². The van der Waals surface area contributed by atoms with Crippen molar-refractivity contribution in [2.45, 2.75) is 25.4 Å². The van der Waals surface area contributed by atoms with E-state index >= 15 is 0 Å². The van der Waals surface area contributed by atoms with Crippen LogP contribution in [-0.2, 0) is 19.4 Å². The van der Waals surface area contributed by atoms with Gasteiger partial charge in [0.15, 0.2) is 0 Å². The summed E-state index contributed by atoms with van der Waals surface area (Å²) in [6.45, 7) is 3.39. The third-order valence-electron chi connectivity index (χ3n) is 5.36. The van der Waals surface area contributed by atoms with Crippen LogP contribution >= 0.6 is 11.3 Å². The second-order valence-electron chi connectivity index (χ2n) is 7.37. The van der Waals surface area contributed by atoms with Crippen molar-refractivity contribution in [2.24, 2.45) is 0 Å². The molecule has 0 saturated carbocycles. The van der Waals surface area contributed by atoms with Crippen LogP contribution in [0.1, 0.15) is 38.0 Å². The van der Waals surface area contributed by atoms with E-state index in [4.69, 9.17) is 0 Å². The van der Waals surface area contributed by atoms with Gasteiger partial charge in [0.05, 0.1) is 0 Å². The van der Waals surface area contributed by atoms with E-state index in [1.165, 1.54) is 21.6 Å². The fourth-order valence-corrected chi connectivity index (χ4v) is 4.44. The highest BCUT2D eigenvalue weighted by Crippen LogP contribution is 2.21. The van der Waals surface area contributed by atoms with Crippen molar-refractivity contribution in [3.8, 4) is 0 Å². The number of amides is 1. The molecule has 4 nitrogen and oxygen atoms in total. The van der Waals surface area contributed by atoms with Gasteiger partial charge in [-0.25, -0.2) is 0 Å². The Balaban J connectivity index is 1.30. The Kier molecular flexibility index (Phi) is 6.72. The normalized spacial score (nSPS) is 16.1. The summed E-state index contributed by atoms with van der Waals surface area (Å²) in [5, 5.41) is 12.3. The van der Waals surface area contributed by atoms with Gasteiger partial charge in [-0.15, -0.1) is 11.3 Å². The highest BCUT2D eigenvalue weighted by molar-refractivity contribution is 7.09. The molecule has 1 aliphatic rings. The predicted molar refractivity (Wildman–Crippen MR) is 119 cm³/mol. The van der Waals surface area contributed by atoms with E-state index in [-0.39, 0.29) is 5.91 Å². The molecule has 150 valence electrons. The first kappa shape index (κ1) is 19.8. The van der Waals surface area contributed by atoms with Gasteiger partial charge < -0.3 is 16.0 Å². The monoisotopic (exact) mass is 405 g/mol. The Bertz CT molecular complexity index is 922. The van der Waals surface area contributed by atoms with E-state index in [9.17, 15) is 4.79 Å². The summed E-state index contributed by atoms with van der Waals surface area (Å²) in [6, 6.07) is 21.0. The molecule has 0 aliphatic carbocycles. The largest absolute Gasteiger partial charge is 0.352 e. The molecule has 0 fully saturated rings. The molecule has 1 aliphatic heterocycles. The Morgan fingerprint density at radius 1 is 1.07 bits per heavy atom. The zero-order chi connectivity index (χ0) is 19.9. The average Bonchev–Trinajstić information content (AvgIpc) is 3.19. The smallest absolute Gasteiger partial charge is 0.251 e. The van der Waals surface area contributed by atoms with Crippen LogP contribution in [0.4, 0.5) is 0 Å². The van der Waals surface area contributed by atoms with Crippen LogP contribution in [0.2, 0.25) is 0 Å². The zero-order valence-corrected chi connectivity index (χ0v) is 17.3. The molecule has 1 unspecified atom stereocenters. The maximum Gasteiger partial charge on any atom is 0.251 e. The summed E-state index contributed by atoms with van der Waals surface area (Å²) in [7, 11) is 0. The third-order valence-corrected chi connectivity index (χ3v) is 6.29. The number of carbonyl (C=O) groups excluding carboxylic acids is 1. The molecule has 3 aromatic rings. The maximum atomic E-state index is 12.3. The lowest BCUT2D eigenvalue weighted by atomic mass is 9.99. The van der Waals surface area contributed by atoms with Gasteiger partial charge in [-0.1, -0.05) is 42.5 Å². The molecule has 5 heteroatoms. The summed E-state index contributed by atoms with van der Waals surface area (Å²) in [6.07, 6.45) is 1.95. The molecular weight excluding hydrogens is 378 g/mol. The van der Waals surface area contributed by atoms with E-state index in [1.54, 1.807) is 11.3 Å². The van der Waals surface area contributed by atoms with Crippen molar-refractivity contribution >= 4 is 17.2 Å². The van der Waals surface area contributed by atoms with Crippen LogP contribution in [0.25, 0.3) is 0 Å². The van der Waals surface area contributed by atoms with E-state index in [0.29, 0.717) is 18.2 Å². The highest BCUT2D eigenvalue weighted by atomic mass is 32.1. The van der Waals surface area contributed by atoms with Gasteiger partial charge in [0.2, 0.25) is 0 Å². The molecule has 3 N–H and O–H groups in total. The summed E-state index contributed by atoms with van der Waals surface area (Å²) in [4.78, 5) is 13.6. The molecule has 2 aromatic carbocycles. The van der Waals surface area contributed by atoms with E-state index in [1.807, 2.05) is 30.3 Å². The fraction of sp³-hybridized carbons (Fsp3) is 0.292. The number of fused-ring (bicyclic) bond motifs is 1. The molecule has 4 rings (SSSR count). The van der Waals surface area contributed by atoms with Gasteiger partial charge in [0.25, 0.3) is 5.91 Å². The van der Waals surface area contributed by atoms with Crippen LogP contribution < -0.4 is 16.0 Å². The second-order valence-corrected chi connectivity index (χ2v) is 8.40. The van der Waals surface area contributed by atoms with Crippen LogP contribution in [-0.4, -0.2) is 25.5 Å². The maximum absolute atomic E-state index is 12.3. The van der Waals surface area contributed by atoms with Crippen LogP contribution in [0.3, 0.4) is 0 Å². The molecular formula is C24H27N3OS. The summed E-state index contributed by atoms with van der Waals surface area (Å²) in [5.74, 6) is -0.0111. The van der Waals surface area contributed by atoms with Crippen molar-refractivity contribution in [3.63, 3.8) is 0 Å². The first-order chi connectivity index (χ1) is 14.3. The van der Waals surface area contributed by atoms with E-state index in [0.717, 1.165) is 32.5 Å². The highest BCUT2D eigenvalue weighted by Gasteiger charge is 2.17.